The molecule has 2 N–H and O–H groups in total. The van der Waals surface area contributed by atoms with E-state index >= 15 is 0 Å². The van der Waals surface area contributed by atoms with E-state index < -0.39 is 11.8 Å². The van der Waals surface area contributed by atoms with Crippen LogP contribution in [0.15, 0.2) is 36.5 Å². The average Bonchev–Trinajstić information content (AvgIpc) is 2.93. The Morgan fingerprint density at radius 2 is 2.00 bits per heavy atom. The van der Waals surface area contributed by atoms with E-state index in [2.05, 4.69) is 15.6 Å². The van der Waals surface area contributed by atoms with Crippen LogP contribution in [0.3, 0.4) is 0 Å². The number of hydrogen-bond donors (Lipinski definition) is 2. The summed E-state index contributed by atoms with van der Waals surface area (Å²) in [6.07, 6.45) is 2.82. The topological polar surface area (TPSA) is 97.1 Å². The number of hydrogen-bond acceptors (Lipinski definition) is 5. The van der Waals surface area contributed by atoms with Crippen molar-refractivity contribution in [2.45, 2.75) is 19.4 Å². The molecule has 110 valence electrons. The summed E-state index contributed by atoms with van der Waals surface area (Å²) in [5, 5.41) is 18.7. The van der Waals surface area contributed by atoms with Crippen LogP contribution < -0.4 is 5.32 Å². The van der Waals surface area contributed by atoms with Crippen molar-refractivity contribution in [3.8, 4) is 0 Å². The second-order valence-corrected chi connectivity index (χ2v) is 4.48. The number of imide groups is 1. The second-order valence-electron chi connectivity index (χ2n) is 4.48. The van der Waals surface area contributed by atoms with Gasteiger partial charge in [-0.3, -0.25) is 14.9 Å². The molecule has 2 rings (SSSR count). The molecule has 2 amide bonds. The summed E-state index contributed by atoms with van der Waals surface area (Å²) in [5.41, 5.74) is 1.12. The maximum atomic E-state index is 11.8. The van der Waals surface area contributed by atoms with Crippen LogP contribution in [-0.4, -0.2) is 38.5 Å². The zero-order chi connectivity index (χ0) is 15.1. The lowest BCUT2D eigenvalue weighted by atomic mass is 10.2. The standard InChI is InChI=1S/C14H16N4O3/c19-8-4-7-12-9-18(17-16-12)10-13(20)15-14(21)11-5-2-1-3-6-11/h1-3,5-6,9,19H,4,7-8,10H2,(H,15,20,21). The summed E-state index contributed by atoms with van der Waals surface area (Å²) in [6, 6.07) is 8.51. The van der Waals surface area contributed by atoms with Crippen LogP contribution in [-0.2, 0) is 17.8 Å². The monoisotopic (exact) mass is 288 g/mol. The molecular weight excluding hydrogens is 272 g/mol. The fraction of sp³-hybridized carbons (Fsp3) is 0.286. The number of aryl methyl sites for hydroxylation is 1. The lowest BCUT2D eigenvalue weighted by Gasteiger charge is -2.03. The first-order valence-corrected chi connectivity index (χ1v) is 6.58. The molecule has 0 aliphatic carbocycles. The van der Waals surface area contributed by atoms with Gasteiger partial charge in [0, 0.05) is 18.4 Å². The highest BCUT2D eigenvalue weighted by Crippen LogP contribution is 1.99. The molecule has 0 unspecified atom stereocenters. The first-order valence-electron chi connectivity index (χ1n) is 6.58. The van der Waals surface area contributed by atoms with Crippen LogP contribution in [0.2, 0.25) is 0 Å². The zero-order valence-electron chi connectivity index (χ0n) is 11.4. The molecule has 2 aromatic rings. The number of nitrogens with one attached hydrogen (secondary N) is 1. The quantitative estimate of drug-likeness (QED) is 0.789. The minimum Gasteiger partial charge on any atom is -0.396 e. The Bertz CT molecular complexity index is 610. The largest absolute Gasteiger partial charge is 0.396 e. The number of nitrogens with zero attached hydrogens (tertiary/aromatic N) is 3. The zero-order valence-corrected chi connectivity index (χ0v) is 11.4. The van der Waals surface area contributed by atoms with Gasteiger partial charge < -0.3 is 5.11 Å². The summed E-state index contributed by atoms with van der Waals surface area (Å²) < 4.78 is 1.36. The Hall–Kier alpha value is -2.54. The minimum atomic E-state index is -0.456. The first kappa shape index (κ1) is 14.9. The van der Waals surface area contributed by atoms with Crippen molar-refractivity contribution in [2.75, 3.05) is 6.61 Å². The van der Waals surface area contributed by atoms with Gasteiger partial charge in [0.1, 0.15) is 6.54 Å². The summed E-state index contributed by atoms with van der Waals surface area (Å²) >= 11 is 0. The molecule has 0 aliphatic rings. The first-order chi connectivity index (χ1) is 10.2. The van der Waals surface area contributed by atoms with Crippen molar-refractivity contribution in [2.24, 2.45) is 0 Å². The number of aromatic nitrogens is 3. The number of carbonyl (C=O) groups excluding carboxylic acids is 2. The Balaban J connectivity index is 1.87. The second kappa shape index (κ2) is 7.30. The maximum Gasteiger partial charge on any atom is 0.257 e. The average molecular weight is 288 g/mol. The number of rotatable bonds is 6. The molecule has 0 spiro atoms. The smallest absolute Gasteiger partial charge is 0.257 e. The van der Waals surface area contributed by atoms with E-state index in [-0.39, 0.29) is 13.2 Å². The van der Waals surface area contributed by atoms with Gasteiger partial charge in [0.2, 0.25) is 5.91 Å². The highest BCUT2D eigenvalue weighted by atomic mass is 16.3. The molecule has 0 saturated carbocycles. The van der Waals surface area contributed by atoms with Crippen molar-refractivity contribution < 1.29 is 14.7 Å². The SMILES string of the molecule is O=C(Cn1cc(CCCO)nn1)NC(=O)c1ccccc1. The highest BCUT2D eigenvalue weighted by molar-refractivity contribution is 6.04. The third kappa shape index (κ3) is 4.50. The lowest BCUT2D eigenvalue weighted by Crippen LogP contribution is -2.33. The molecule has 7 nitrogen and oxygen atoms in total. The predicted octanol–water partition coefficient (Wildman–Crippen LogP) is 0.160. The van der Waals surface area contributed by atoms with Crippen LogP contribution in [0.1, 0.15) is 22.5 Å². The number of carbonyl (C=O) groups is 2. The van der Waals surface area contributed by atoms with E-state index in [0.717, 1.165) is 0 Å². The van der Waals surface area contributed by atoms with Crippen molar-refractivity contribution in [3.05, 3.63) is 47.8 Å². The normalized spacial score (nSPS) is 10.3. The van der Waals surface area contributed by atoms with E-state index in [1.54, 1.807) is 36.5 Å². The molecule has 0 radical (unpaired) electrons. The van der Waals surface area contributed by atoms with Crippen molar-refractivity contribution >= 4 is 11.8 Å². The molecule has 7 heteroatoms. The Kier molecular flexibility index (Phi) is 5.16. The van der Waals surface area contributed by atoms with Crippen LogP contribution in [0.4, 0.5) is 0 Å². The van der Waals surface area contributed by atoms with Gasteiger partial charge in [0.05, 0.1) is 5.69 Å². The van der Waals surface area contributed by atoms with Crippen molar-refractivity contribution in [1.29, 1.82) is 0 Å². The van der Waals surface area contributed by atoms with Gasteiger partial charge >= 0.3 is 0 Å². The van der Waals surface area contributed by atoms with E-state index in [1.807, 2.05) is 0 Å². The van der Waals surface area contributed by atoms with Crippen molar-refractivity contribution in [1.82, 2.24) is 20.3 Å². The van der Waals surface area contributed by atoms with E-state index in [9.17, 15) is 9.59 Å². The van der Waals surface area contributed by atoms with E-state index in [1.165, 1.54) is 4.68 Å². The van der Waals surface area contributed by atoms with E-state index in [4.69, 9.17) is 5.11 Å². The summed E-state index contributed by atoms with van der Waals surface area (Å²) in [4.78, 5) is 23.5. The molecule has 21 heavy (non-hydrogen) atoms. The predicted molar refractivity (Wildman–Crippen MR) is 74.3 cm³/mol. The third-order valence-electron chi connectivity index (χ3n) is 2.77. The summed E-state index contributed by atoms with van der Waals surface area (Å²) in [5.74, 6) is -0.899. The third-order valence-corrected chi connectivity index (χ3v) is 2.77. The van der Waals surface area contributed by atoms with Crippen LogP contribution in [0.25, 0.3) is 0 Å². The van der Waals surface area contributed by atoms with Gasteiger partial charge in [-0.05, 0) is 25.0 Å². The lowest BCUT2D eigenvalue weighted by molar-refractivity contribution is -0.120. The number of aliphatic hydroxyl groups is 1. The molecule has 1 aromatic carbocycles. The fourth-order valence-electron chi connectivity index (χ4n) is 1.77. The highest BCUT2D eigenvalue weighted by Gasteiger charge is 2.11. The number of benzene rings is 1. The van der Waals surface area contributed by atoms with E-state index in [0.29, 0.717) is 24.1 Å². The Morgan fingerprint density at radius 3 is 2.71 bits per heavy atom. The Labute approximate surface area is 121 Å². The van der Waals surface area contributed by atoms with Crippen LogP contribution >= 0.6 is 0 Å². The number of amides is 2. The Morgan fingerprint density at radius 1 is 1.24 bits per heavy atom. The van der Waals surface area contributed by atoms with Gasteiger partial charge in [0.15, 0.2) is 0 Å². The fourth-order valence-corrected chi connectivity index (χ4v) is 1.77. The van der Waals surface area contributed by atoms with Gasteiger partial charge in [-0.2, -0.15) is 0 Å². The van der Waals surface area contributed by atoms with Crippen LogP contribution in [0.5, 0.6) is 0 Å². The molecule has 0 bridgehead atoms. The molecule has 1 aromatic heterocycles. The maximum absolute atomic E-state index is 11.8. The van der Waals surface area contributed by atoms with Crippen LogP contribution in [0, 0.1) is 0 Å². The summed E-state index contributed by atoms with van der Waals surface area (Å²) in [7, 11) is 0. The van der Waals surface area contributed by atoms with Gasteiger partial charge in [-0.1, -0.05) is 23.4 Å². The number of aliphatic hydroxyl groups excluding tert-OH is 1. The van der Waals surface area contributed by atoms with Crippen molar-refractivity contribution in [3.63, 3.8) is 0 Å². The minimum absolute atomic E-state index is 0.0787. The molecule has 0 atom stereocenters. The molecule has 0 fully saturated rings. The molecule has 0 saturated heterocycles. The van der Waals surface area contributed by atoms with Gasteiger partial charge in [-0.15, -0.1) is 5.10 Å². The molecule has 0 aliphatic heterocycles. The summed E-state index contributed by atoms with van der Waals surface area (Å²) in [6.45, 7) is 0.00359. The van der Waals surface area contributed by atoms with Gasteiger partial charge in [-0.25, -0.2) is 4.68 Å². The molecule has 1 heterocycles. The van der Waals surface area contributed by atoms with Gasteiger partial charge in [0.25, 0.3) is 5.91 Å². The molecular formula is C14H16N4O3.